The fraction of sp³-hybridized carbons (Fsp3) is 0.533. The van der Waals surface area contributed by atoms with E-state index in [1.807, 2.05) is 0 Å². The molecular weight excluding hydrogens is 210 g/mol. The number of nitrogens with zero attached hydrogens (tertiary/aromatic N) is 1. The van der Waals surface area contributed by atoms with Gasteiger partial charge in [0.2, 0.25) is 0 Å². The molecule has 2 heteroatoms. The number of phenols is 1. The van der Waals surface area contributed by atoms with Gasteiger partial charge in [-0.25, -0.2) is 0 Å². The summed E-state index contributed by atoms with van der Waals surface area (Å²) in [5.41, 5.74) is 2.75. The van der Waals surface area contributed by atoms with Crippen LogP contribution in [0.3, 0.4) is 0 Å². The highest BCUT2D eigenvalue weighted by Gasteiger charge is 2.24. The van der Waals surface area contributed by atoms with Crippen molar-refractivity contribution in [2.24, 2.45) is 4.99 Å². The summed E-state index contributed by atoms with van der Waals surface area (Å²) < 4.78 is 0. The van der Waals surface area contributed by atoms with Crippen molar-refractivity contribution < 1.29 is 5.11 Å². The van der Waals surface area contributed by atoms with Crippen LogP contribution in [-0.2, 0) is 10.8 Å². The summed E-state index contributed by atoms with van der Waals surface area (Å²) in [5.74, 6) is 0.299. The van der Waals surface area contributed by atoms with Gasteiger partial charge in [-0.1, -0.05) is 41.5 Å². The van der Waals surface area contributed by atoms with Crippen LogP contribution in [0, 0.1) is 0 Å². The second-order valence-electron chi connectivity index (χ2n) is 6.54. The Kier molecular flexibility index (Phi) is 3.37. The maximum Gasteiger partial charge on any atom is 0.121 e. The molecule has 2 nitrogen and oxygen atoms in total. The third-order valence-corrected chi connectivity index (χ3v) is 2.90. The summed E-state index contributed by atoms with van der Waals surface area (Å²) >= 11 is 0. The number of phenolic OH excluding ortho intramolecular Hbond substituents is 1. The van der Waals surface area contributed by atoms with Crippen LogP contribution < -0.4 is 0 Å². The first kappa shape index (κ1) is 13.8. The molecule has 1 N–H and O–H groups in total. The predicted molar refractivity (Wildman–Crippen MR) is 74.7 cm³/mol. The Bertz CT molecular complexity index is 433. The molecule has 0 amide bonds. The number of aromatic hydroxyl groups is 1. The van der Waals surface area contributed by atoms with Crippen LogP contribution in [0.1, 0.15) is 52.7 Å². The molecule has 0 saturated heterocycles. The van der Waals surface area contributed by atoms with Gasteiger partial charge in [-0.3, -0.25) is 4.99 Å². The molecule has 0 spiro atoms. The molecule has 0 bridgehead atoms. The highest BCUT2D eigenvalue weighted by atomic mass is 16.3. The van der Waals surface area contributed by atoms with Crippen molar-refractivity contribution in [3.8, 4) is 5.75 Å². The first-order valence-electron chi connectivity index (χ1n) is 5.92. The van der Waals surface area contributed by atoms with E-state index in [4.69, 9.17) is 0 Å². The van der Waals surface area contributed by atoms with Crippen molar-refractivity contribution in [3.63, 3.8) is 0 Å². The minimum absolute atomic E-state index is 0.00970. The topological polar surface area (TPSA) is 32.6 Å². The highest BCUT2D eigenvalue weighted by molar-refractivity contribution is 5.60. The number of hydrogen-bond donors (Lipinski definition) is 1. The molecule has 0 aliphatic heterocycles. The lowest BCUT2D eigenvalue weighted by molar-refractivity contribution is 0.445. The summed E-state index contributed by atoms with van der Waals surface area (Å²) in [4.78, 5) is 4.01. The monoisotopic (exact) mass is 233 g/mol. The predicted octanol–water partition coefficient (Wildman–Crippen LogP) is 4.32. The fourth-order valence-corrected chi connectivity index (χ4v) is 1.91. The van der Waals surface area contributed by atoms with Crippen molar-refractivity contribution in [2.75, 3.05) is 0 Å². The Morgan fingerprint density at radius 3 is 1.76 bits per heavy atom. The third kappa shape index (κ3) is 2.87. The van der Waals surface area contributed by atoms with Crippen molar-refractivity contribution in [3.05, 3.63) is 23.3 Å². The van der Waals surface area contributed by atoms with E-state index in [1.165, 1.54) is 0 Å². The molecule has 1 aromatic rings. The lowest BCUT2D eigenvalue weighted by Gasteiger charge is -2.27. The molecule has 0 radical (unpaired) electrons. The second-order valence-corrected chi connectivity index (χ2v) is 6.54. The number of hydrogen-bond acceptors (Lipinski definition) is 2. The van der Waals surface area contributed by atoms with Crippen molar-refractivity contribution >= 4 is 12.4 Å². The first-order chi connectivity index (χ1) is 7.57. The molecule has 0 aromatic heterocycles. The van der Waals surface area contributed by atoms with Gasteiger partial charge in [0.1, 0.15) is 5.75 Å². The van der Waals surface area contributed by atoms with Gasteiger partial charge >= 0.3 is 0 Å². The zero-order valence-corrected chi connectivity index (χ0v) is 11.8. The van der Waals surface area contributed by atoms with Crippen LogP contribution in [0.2, 0.25) is 0 Å². The summed E-state index contributed by atoms with van der Waals surface area (Å²) in [7, 11) is 0. The Morgan fingerprint density at radius 1 is 0.941 bits per heavy atom. The summed E-state index contributed by atoms with van der Waals surface area (Å²) in [6, 6.07) is 3.77. The van der Waals surface area contributed by atoms with Crippen LogP contribution in [-0.4, -0.2) is 11.8 Å². The van der Waals surface area contributed by atoms with Gasteiger partial charge in [-0.2, -0.15) is 0 Å². The zero-order valence-electron chi connectivity index (χ0n) is 11.8. The molecule has 94 valence electrons. The van der Waals surface area contributed by atoms with Crippen LogP contribution in [0.5, 0.6) is 5.75 Å². The van der Waals surface area contributed by atoms with Gasteiger partial charge in [-0.05, 0) is 34.7 Å². The van der Waals surface area contributed by atoms with Gasteiger partial charge in [0, 0.05) is 6.07 Å². The SMILES string of the molecule is C=Nc1cc(O)c(C(C)(C)C)cc1C(C)(C)C. The Labute approximate surface area is 104 Å². The van der Waals surface area contributed by atoms with E-state index in [1.54, 1.807) is 6.07 Å². The van der Waals surface area contributed by atoms with E-state index in [0.29, 0.717) is 5.75 Å². The van der Waals surface area contributed by atoms with Crippen molar-refractivity contribution in [1.29, 1.82) is 0 Å². The minimum atomic E-state index is -0.0796. The summed E-state index contributed by atoms with van der Waals surface area (Å²) in [6.07, 6.45) is 0. The fourth-order valence-electron chi connectivity index (χ4n) is 1.91. The van der Waals surface area contributed by atoms with Gasteiger partial charge in [0.15, 0.2) is 0 Å². The summed E-state index contributed by atoms with van der Waals surface area (Å²) in [5, 5.41) is 10.1. The molecule has 0 unspecified atom stereocenters. The van der Waals surface area contributed by atoms with E-state index in [9.17, 15) is 5.11 Å². The van der Waals surface area contributed by atoms with Crippen LogP contribution in [0.25, 0.3) is 0 Å². The van der Waals surface area contributed by atoms with Gasteiger partial charge in [0.25, 0.3) is 0 Å². The second kappa shape index (κ2) is 4.17. The highest BCUT2D eigenvalue weighted by Crippen LogP contribution is 2.40. The molecule has 0 heterocycles. The third-order valence-electron chi connectivity index (χ3n) is 2.90. The number of aliphatic imine (C=N–C) groups is 1. The van der Waals surface area contributed by atoms with E-state index in [-0.39, 0.29) is 10.8 Å². The molecule has 1 aromatic carbocycles. The largest absolute Gasteiger partial charge is 0.508 e. The lowest BCUT2D eigenvalue weighted by atomic mass is 9.79. The van der Waals surface area contributed by atoms with Crippen molar-refractivity contribution in [1.82, 2.24) is 0 Å². The molecule has 0 fully saturated rings. The van der Waals surface area contributed by atoms with Gasteiger partial charge in [0.05, 0.1) is 5.69 Å². The van der Waals surface area contributed by atoms with E-state index < -0.39 is 0 Å². The molecule has 0 aliphatic rings. The van der Waals surface area contributed by atoms with Crippen LogP contribution in [0.15, 0.2) is 17.1 Å². The molecule has 1 rings (SSSR count). The standard InChI is InChI=1S/C15H23NO/c1-14(2,3)10-8-11(15(4,5)6)13(17)9-12(10)16-7/h8-9,17H,7H2,1-6H3. The average molecular weight is 233 g/mol. The normalized spacial score (nSPS) is 12.6. The molecule has 17 heavy (non-hydrogen) atoms. The number of rotatable bonds is 1. The van der Waals surface area contributed by atoms with E-state index in [0.717, 1.165) is 16.8 Å². The molecular formula is C15H23NO. The molecule has 0 aliphatic carbocycles. The Hall–Kier alpha value is -1.31. The molecule has 0 atom stereocenters. The van der Waals surface area contributed by atoms with Crippen LogP contribution >= 0.6 is 0 Å². The number of benzene rings is 1. The Balaban J connectivity index is 3.55. The average Bonchev–Trinajstić information content (AvgIpc) is 2.13. The summed E-state index contributed by atoms with van der Waals surface area (Å²) in [6.45, 7) is 16.3. The van der Waals surface area contributed by atoms with Crippen molar-refractivity contribution in [2.45, 2.75) is 52.4 Å². The lowest BCUT2D eigenvalue weighted by Crippen LogP contribution is -2.16. The minimum Gasteiger partial charge on any atom is -0.508 e. The zero-order chi connectivity index (χ0) is 13.4. The molecule has 0 saturated carbocycles. The maximum absolute atomic E-state index is 10.1. The van der Waals surface area contributed by atoms with Gasteiger partial charge in [-0.15, -0.1) is 0 Å². The maximum atomic E-state index is 10.1. The van der Waals surface area contributed by atoms with Gasteiger partial charge < -0.3 is 5.11 Å². The quantitative estimate of drug-likeness (QED) is 0.720. The van der Waals surface area contributed by atoms with Crippen LogP contribution in [0.4, 0.5) is 5.69 Å². The van der Waals surface area contributed by atoms with E-state index in [2.05, 4.69) is 59.3 Å². The van der Waals surface area contributed by atoms with E-state index >= 15 is 0 Å². The first-order valence-corrected chi connectivity index (χ1v) is 5.92. The Morgan fingerprint density at radius 2 is 1.41 bits per heavy atom. The smallest absolute Gasteiger partial charge is 0.121 e.